The number of halogens is 6. The van der Waals surface area contributed by atoms with E-state index in [2.05, 4.69) is 31.9 Å². The molecule has 2 heterocycles. The molecule has 76 heavy (non-hydrogen) atoms. The van der Waals surface area contributed by atoms with Crippen molar-refractivity contribution in [3.8, 4) is 0 Å². The lowest BCUT2D eigenvalue weighted by molar-refractivity contribution is -0.186. The molecule has 0 unspecified atom stereocenters. The van der Waals surface area contributed by atoms with Crippen LogP contribution in [-0.4, -0.2) is 182 Å². The fraction of sp³-hybridized carbons (Fsp3) is 0.615. The van der Waals surface area contributed by atoms with Crippen LogP contribution in [0.3, 0.4) is 0 Å². The molecule has 0 radical (unpaired) electrons. The summed E-state index contributed by atoms with van der Waals surface area (Å²) in [6.45, 7) is 2.44. The number of rotatable bonds is 28. The number of likely N-dealkylation sites (tertiary alicyclic amines) is 2. The quantitative estimate of drug-likeness (QED) is 0.0416. The van der Waals surface area contributed by atoms with Crippen LogP contribution in [-0.2, 0) is 51.2 Å². The van der Waals surface area contributed by atoms with Crippen LogP contribution < -0.4 is 31.9 Å². The molecule has 2 aromatic rings. The number of carbonyl (C=O) groups excluding carboxylic acids is 8. The van der Waals surface area contributed by atoms with E-state index in [-0.39, 0.29) is 104 Å². The van der Waals surface area contributed by atoms with Crippen molar-refractivity contribution < 1.29 is 64.7 Å². The van der Waals surface area contributed by atoms with Gasteiger partial charge in [0.1, 0.15) is 12.1 Å². The number of nitrogens with zero attached hydrogens (tertiary/aromatic N) is 4. The van der Waals surface area contributed by atoms with Crippen molar-refractivity contribution in [3.63, 3.8) is 0 Å². The Bertz CT molecular complexity index is 2070. The van der Waals surface area contributed by atoms with Crippen molar-refractivity contribution in [1.29, 1.82) is 0 Å². The van der Waals surface area contributed by atoms with Crippen molar-refractivity contribution in [2.45, 2.75) is 140 Å². The number of carbonyl (C=O) groups is 8. The number of nitrogens with one attached hydrogen (secondary N) is 6. The Labute approximate surface area is 440 Å². The minimum atomic E-state index is -5.13. The Morgan fingerprint density at radius 2 is 0.921 bits per heavy atom. The highest BCUT2D eigenvalue weighted by atomic mass is 19.4. The van der Waals surface area contributed by atoms with E-state index in [0.29, 0.717) is 25.7 Å². The second kappa shape index (κ2) is 30.4. The zero-order valence-electron chi connectivity index (χ0n) is 43.7. The van der Waals surface area contributed by atoms with E-state index in [1.54, 1.807) is 88.6 Å². The summed E-state index contributed by atoms with van der Waals surface area (Å²) in [5.74, 6) is -7.93. The smallest absolute Gasteiger partial charge is 0.348 e. The summed E-state index contributed by atoms with van der Waals surface area (Å²) in [4.78, 5) is 109. The zero-order valence-corrected chi connectivity index (χ0v) is 43.7. The van der Waals surface area contributed by atoms with Crippen molar-refractivity contribution in [3.05, 3.63) is 71.8 Å². The van der Waals surface area contributed by atoms with E-state index in [9.17, 15) is 64.7 Å². The monoisotopic (exact) mass is 1080 g/mol. The van der Waals surface area contributed by atoms with E-state index in [1.807, 2.05) is 0 Å². The SMILES string of the molecule is CN[C@@H](C)C(=O)N[C@@H](CCCCNC(=O)C(=O)NCCCC[C@H](NC(=O)[C@H](C)NC)C(=O)N1CCC[C@H]1CN(CCc1ccccc1)C(=O)C(F)(F)F)C(=O)N1CCC[C@H]1CN(CCc1ccccc1)C(=O)C(F)(F)F. The fourth-order valence-corrected chi connectivity index (χ4v) is 9.15. The lowest BCUT2D eigenvalue weighted by atomic mass is 10.1. The molecule has 8 amide bonds. The third-order valence-electron chi connectivity index (χ3n) is 13.8. The first-order valence-corrected chi connectivity index (χ1v) is 26.0. The molecule has 24 heteroatoms. The van der Waals surface area contributed by atoms with Gasteiger partial charge in [0.15, 0.2) is 0 Å². The molecule has 0 spiro atoms. The summed E-state index contributed by atoms with van der Waals surface area (Å²) < 4.78 is 82.5. The van der Waals surface area contributed by atoms with Crippen LogP contribution in [0.1, 0.15) is 89.2 Å². The molecule has 2 aliphatic heterocycles. The summed E-state index contributed by atoms with van der Waals surface area (Å²) in [7, 11) is 3.11. The molecule has 2 aliphatic rings. The normalized spacial score (nSPS) is 17.2. The molecule has 422 valence electrons. The third-order valence-corrected chi connectivity index (χ3v) is 13.8. The van der Waals surface area contributed by atoms with Gasteiger partial charge in [-0.15, -0.1) is 0 Å². The Hall–Kier alpha value is -6.30. The van der Waals surface area contributed by atoms with Gasteiger partial charge in [-0.2, -0.15) is 26.3 Å². The predicted octanol–water partition coefficient (Wildman–Crippen LogP) is 2.99. The molecule has 0 bridgehead atoms. The van der Waals surface area contributed by atoms with Crippen LogP contribution in [0.4, 0.5) is 26.3 Å². The second-order valence-electron chi connectivity index (χ2n) is 19.3. The van der Waals surface area contributed by atoms with Gasteiger partial charge in [0.2, 0.25) is 23.6 Å². The summed E-state index contributed by atoms with van der Waals surface area (Å²) >= 11 is 0. The minimum absolute atomic E-state index is 0.0114. The zero-order chi connectivity index (χ0) is 56.0. The number of alkyl halides is 6. The molecule has 6 N–H and O–H groups in total. The van der Waals surface area contributed by atoms with E-state index in [0.717, 1.165) is 20.9 Å². The number of likely N-dealkylation sites (N-methyl/N-ethyl adjacent to an activating group) is 2. The van der Waals surface area contributed by atoms with Gasteiger partial charge in [-0.1, -0.05) is 60.7 Å². The van der Waals surface area contributed by atoms with Gasteiger partial charge in [0.25, 0.3) is 0 Å². The molecule has 18 nitrogen and oxygen atoms in total. The summed E-state index contributed by atoms with van der Waals surface area (Å²) in [6, 6.07) is 12.4. The first-order valence-electron chi connectivity index (χ1n) is 26.0. The molecule has 2 fully saturated rings. The van der Waals surface area contributed by atoms with Gasteiger partial charge in [0, 0.05) is 64.4 Å². The van der Waals surface area contributed by atoms with E-state index < -0.39 is 95.9 Å². The first-order chi connectivity index (χ1) is 36.0. The molecular formula is C52H74F6N10O8. The summed E-state index contributed by atoms with van der Waals surface area (Å²) in [5, 5.41) is 16.1. The van der Waals surface area contributed by atoms with Crippen LogP contribution in [0.25, 0.3) is 0 Å². The van der Waals surface area contributed by atoms with Crippen molar-refractivity contribution in [2.24, 2.45) is 0 Å². The molecule has 2 saturated heterocycles. The highest BCUT2D eigenvalue weighted by Crippen LogP contribution is 2.27. The maximum Gasteiger partial charge on any atom is 0.471 e. The summed E-state index contributed by atoms with van der Waals surface area (Å²) in [5.41, 5.74) is 1.47. The molecule has 2 aromatic carbocycles. The van der Waals surface area contributed by atoms with Gasteiger partial charge in [-0.05, 0) is 116 Å². The molecule has 6 atom stereocenters. The van der Waals surface area contributed by atoms with Crippen LogP contribution >= 0.6 is 0 Å². The Morgan fingerprint density at radius 3 is 1.25 bits per heavy atom. The van der Waals surface area contributed by atoms with Gasteiger partial charge in [0.05, 0.1) is 12.1 Å². The Morgan fingerprint density at radius 1 is 0.566 bits per heavy atom. The van der Waals surface area contributed by atoms with Gasteiger partial charge in [-0.3, -0.25) is 38.4 Å². The van der Waals surface area contributed by atoms with Crippen molar-refractivity contribution in [1.82, 2.24) is 51.5 Å². The van der Waals surface area contributed by atoms with E-state index >= 15 is 0 Å². The number of amides is 8. The molecule has 4 rings (SSSR count). The molecular weight excluding hydrogens is 1010 g/mol. The number of unbranched alkanes of at least 4 members (excludes halogenated alkanes) is 2. The predicted molar refractivity (Wildman–Crippen MR) is 270 cm³/mol. The molecule has 0 aromatic heterocycles. The van der Waals surface area contributed by atoms with Crippen LogP contribution in [0.15, 0.2) is 60.7 Å². The lowest BCUT2D eigenvalue weighted by Gasteiger charge is -2.33. The van der Waals surface area contributed by atoms with Gasteiger partial charge >= 0.3 is 36.0 Å². The largest absolute Gasteiger partial charge is 0.471 e. The molecule has 0 aliphatic carbocycles. The number of hydrogen-bond donors (Lipinski definition) is 6. The Kier molecular flexibility index (Phi) is 24.9. The van der Waals surface area contributed by atoms with Crippen LogP contribution in [0.5, 0.6) is 0 Å². The van der Waals surface area contributed by atoms with E-state index in [1.165, 1.54) is 9.80 Å². The number of hydrogen-bond acceptors (Lipinski definition) is 10. The first kappa shape index (κ1) is 62.2. The van der Waals surface area contributed by atoms with Crippen LogP contribution in [0.2, 0.25) is 0 Å². The Balaban J connectivity index is 1.28. The molecule has 0 saturated carbocycles. The standard InChI is InChI=1S/C52H74F6N10O8/c1-35(59-3)43(69)63-41(47(73)67-29-15-21-39(67)33-65(49(75)51(53,54)55)31-25-37-17-7-5-8-18-37)23-11-13-27-61-45(71)46(72)62-28-14-12-24-42(64-44(70)36(2)60-4)48(74)68-30-16-22-40(68)34-66(50(76)52(56,57)58)32-26-38-19-9-6-10-20-38/h5-10,17-20,35-36,39-42,59-60H,11-16,21-34H2,1-4H3,(H,61,71)(H,62,72)(H,63,69)(H,64,70)/t35-,36-,39-,40-,41-,42-/m0/s1. The fourth-order valence-electron chi connectivity index (χ4n) is 9.15. The maximum atomic E-state index is 14.1. The lowest BCUT2D eigenvalue weighted by Crippen LogP contribution is -2.55. The average Bonchev–Trinajstić information content (AvgIpc) is 4.08. The van der Waals surface area contributed by atoms with Gasteiger partial charge < -0.3 is 51.5 Å². The summed E-state index contributed by atoms with van der Waals surface area (Å²) in [6.07, 6.45) is -7.03. The maximum absolute atomic E-state index is 14.1. The highest BCUT2D eigenvalue weighted by molar-refractivity contribution is 6.35. The minimum Gasteiger partial charge on any atom is -0.348 e. The highest BCUT2D eigenvalue weighted by Gasteiger charge is 2.46. The van der Waals surface area contributed by atoms with Crippen LogP contribution in [0, 0.1) is 0 Å². The third kappa shape index (κ3) is 19.7. The van der Waals surface area contributed by atoms with E-state index in [4.69, 9.17) is 0 Å². The second-order valence-corrected chi connectivity index (χ2v) is 19.3. The number of benzene rings is 2. The topological polar surface area (TPSA) is 222 Å². The average molecular weight is 1080 g/mol. The van der Waals surface area contributed by atoms with Crippen molar-refractivity contribution in [2.75, 3.05) is 66.5 Å². The van der Waals surface area contributed by atoms with Gasteiger partial charge in [-0.25, -0.2) is 0 Å². The van der Waals surface area contributed by atoms with Crippen molar-refractivity contribution >= 4 is 47.3 Å².